The number of nitrogens with two attached hydrogens (primary N) is 1. The van der Waals surface area contributed by atoms with Crippen LogP contribution < -0.4 is 10.5 Å². The first-order valence-corrected chi connectivity index (χ1v) is 5.73. The Morgan fingerprint density at radius 1 is 1.28 bits per heavy atom. The van der Waals surface area contributed by atoms with Gasteiger partial charge >= 0.3 is 5.97 Å². The van der Waals surface area contributed by atoms with Crippen LogP contribution in [-0.2, 0) is 20.7 Å². The number of amides is 1. The molecule has 1 aromatic carbocycles. The maximum atomic E-state index is 11.4. The summed E-state index contributed by atoms with van der Waals surface area (Å²) in [5.74, 6) is -0.244. The van der Waals surface area contributed by atoms with E-state index in [9.17, 15) is 9.59 Å². The Kier molecular flexibility index (Phi) is 5.17. The largest absolute Gasteiger partial charge is 0.479 e. The van der Waals surface area contributed by atoms with Crippen molar-refractivity contribution in [1.82, 2.24) is 0 Å². The Hall–Kier alpha value is -2.04. The van der Waals surface area contributed by atoms with E-state index in [1.165, 1.54) is 0 Å². The van der Waals surface area contributed by atoms with Crippen LogP contribution in [0.15, 0.2) is 24.3 Å². The third-order valence-electron chi connectivity index (χ3n) is 2.23. The topological polar surface area (TPSA) is 78.6 Å². The summed E-state index contributed by atoms with van der Waals surface area (Å²) in [6, 6.07) is 6.85. The summed E-state index contributed by atoms with van der Waals surface area (Å²) in [7, 11) is 0. The highest BCUT2D eigenvalue weighted by Gasteiger charge is 2.15. The number of carbonyl (C=O) groups is 2. The molecule has 0 radical (unpaired) electrons. The number of benzene rings is 1. The first-order valence-electron chi connectivity index (χ1n) is 5.73. The Bertz CT molecular complexity index is 414. The van der Waals surface area contributed by atoms with E-state index in [2.05, 4.69) is 0 Å². The van der Waals surface area contributed by atoms with Gasteiger partial charge in [-0.1, -0.05) is 12.1 Å². The van der Waals surface area contributed by atoms with Crippen LogP contribution in [0.25, 0.3) is 0 Å². The van der Waals surface area contributed by atoms with Gasteiger partial charge < -0.3 is 15.2 Å². The lowest BCUT2D eigenvalue weighted by Crippen LogP contribution is -2.26. The van der Waals surface area contributed by atoms with Gasteiger partial charge in [-0.15, -0.1) is 0 Å². The lowest BCUT2D eigenvalue weighted by molar-refractivity contribution is -0.150. The zero-order valence-corrected chi connectivity index (χ0v) is 10.5. The number of hydrogen-bond donors (Lipinski definition) is 1. The Morgan fingerprint density at radius 3 is 2.39 bits per heavy atom. The molecule has 18 heavy (non-hydrogen) atoms. The maximum absolute atomic E-state index is 11.4. The second-order valence-electron chi connectivity index (χ2n) is 3.80. The third kappa shape index (κ3) is 4.45. The molecule has 0 spiro atoms. The van der Waals surface area contributed by atoms with E-state index in [0.717, 1.165) is 5.56 Å². The monoisotopic (exact) mass is 251 g/mol. The van der Waals surface area contributed by atoms with Crippen LogP contribution in [0.2, 0.25) is 0 Å². The number of carbonyl (C=O) groups excluding carboxylic acids is 2. The first kappa shape index (κ1) is 14.0. The van der Waals surface area contributed by atoms with Crippen molar-refractivity contribution in [3.8, 4) is 5.75 Å². The van der Waals surface area contributed by atoms with Crippen molar-refractivity contribution < 1.29 is 19.1 Å². The van der Waals surface area contributed by atoms with E-state index >= 15 is 0 Å². The lowest BCUT2D eigenvalue weighted by atomic mass is 10.1. The molecule has 0 aliphatic rings. The molecule has 1 atom stereocenters. The Labute approximate surface area is 106 Å². The number of hydrogen-bond acceptors (Lipinski definition) is 4. The number of rotatable bonds is 6. The molecule has 5 nitrogen and oxygen atoms in total. The highest BCUT2D eigenvalue weighted by molar-refractivity contribution is 5.76. The molecule has 0 saturated heterocycles. The molecule has 0 aromatic heterocycles. The van der Waals surface area contributed by atoms with Gasteiger partial charge in [-0.05, 0) is 31.5 Å². The van der Waals surface area contributed by atoms with E-state index in [1.807, 2.05) is 0 Å². The van der Waals surface area contributed by atoms with Gasteiger partial charge in [0.1, 0.15) is 5.75 Å². The summed E-state index contributed by atoms with van der Waals surface area (Å²) in [5.41, 5.74) is 5.89. The summed E-state index contributed by atoms with van der Waals surface area (Å²) in [4.78, 5) is 22.1. The zero-order chi connectivity index (χ0) is 13.5. The summed E-state index contributed by atoms with van der Waals surface area (Å²) >= 11 is 0. The minimum absolute atomic E-state index is 0.188. The van der Waals surface area contributed by atoms with Crippen molar-refractivity contribution in [3.05, 3.63) is 29.8 Å². The number of esters is 1. The zero-order valence-electron chi connectivity index (χ0n) is 10.5. The minimum Gasteiger partial charge on any atom is -0.479 e. The molecule has 0 aliphatic carbocycles. The van der Waals surface area contributed by atoms with Gasteiger partial charge in [0, 0.05) is 0 Å². The SMILES string of the molecule is CCOC(=O)[C@@H](C)Oc1ccc(CC(N)=O)cc1. The van der Waals surface area contributed by atoms with E-state index in [-0.39, 0.29) is 12.3 Å². The van der Waals surface area contributed by atoms with Crippen molar-refractivity contribution in [2.75, 3.05) is 6.61 Å². The highest BCUT2D eigenvalue weighted by Crippen LogP contribution is 2.14. The molecule has 1 amide bonds. The standard InChI is InChI=1S/C13H17NO4/c1-3-17-13(16)9(2)18-11-6-4-10(5-7-11)8-12(14)15/h4-7,9H,3,8H2,1-2H3,(H2,14,15)/t9-/m1/s1. The van der Waals surface area contributed by atoms with Crippen LogP contribution >= 0.6 is 0 Å². The molecule has 0 unspecified atom stereocenters. The van der Waals surface area contributed by atoms with Crippen LogP contribution in [0.3, 0.4) is 0 Å². The summed E-state index contributed by atoms with van der Waals surface area (Å²) < 4.78 is 10.2. The average molecular weight is 251 g/mol. The predicted molar refractivity (Wildman–Crippen MR) is 66.1 cm³/mol. The van der Waals surface area contributed by atoms with Crippen LogP contribution in [0.5, 0.6) is 5.75 Å². The smallest absolute Gasteiger partial charge is 0.347 e. The highest BCUT2D eigenvalue weighted by atomic mass is 16.6. The first-order chi connectivity index (χ1) is 8.52. The molecule has 0 bridgehead atoms. The van der Waals surface area contributed by atoms with Crippen molar-refractivity contribution in [1.29, 1.82) is 0 Å². The fourth-order valence-corrected chi connectivity index (χ4v) is 1.40. The predicted octanol–water partition coefficient (Wildman–Crippen LogP) is 1.04. The molecule has 0 aliphatic heterocycles. The summed E-state index contributed by atoms with van der Waals surface area (Å²) in [6.45, 7) is 3.68. The van der Waals surface area contributed by atoms with Crippen LogP contribution in [0.1, 0.15) is 19.4 Å². The molecule has 98 valence electrons. The maximum Gasteiger partial charge on any atom is 0.347 e. The van der Waals surface area contributed by atoms with E-state index < -0.39 is 12.1 Å². The quantitative estimate of drug-likeness (QED) is 0.766. The van der Waals surface area contributed by atoms with Crippen LogP contribution in [-0.4, -0.2) is 24.6 Å². The van der Waals surface area contributed by atoms with Crippen LogP contribution in [0, 0.1) is 0 Å². The third-order valence-corrected chi connectivity index (χ3v) is 2.23. The van der Waals surface area contributed by atoms with Gasteiger partial charge in [-0.3, -0.25) is 4.79 Å². The molecule has 0 heterocycles. The summed E-state index contributed by atoms with van der Waals surface area (Å²) in [6.07, 6.45) is -0.472. The minimum atomic E-state index is -0.660. The number of ether oxygens (including phenoxy) is 2. The lowest BCUT2D eigenvalue weighted by Gasteiger charge is -2.13. The van der Waals surface area contributed by atoms with Gasteiger partial charge in [-0.25, -0.2) is 4.79 Å². The van der Waals surface area contributed by atoms with E-state index in [4.69, 9.17) is 15.2 Å². The van der Waals surface area contributed by atoms with E-state index in [0.29, 0.717) is 12.4 Å². The van der Waals surface area contributed by atoms with Crippen LogP contribution in [0.4, 0.5) is 0 Å². The number of primary amides is 1. The molecule has 2 N–H and O–H groups in total. The van der Waals surface area contributed by atoms with Gasteiger partial charge in [0.2, 0.25) is 5.91 Å². The molecule has 1 aromatic rings. The molecular formula is C13H17NO4. The Balaban J connectivity index is 2.58. The molecule has 0 fully saturated rings. The fourth-order valence-electron chi connectivity index (χ4n) is 1.40. The normalized spacial score (nSPS) is 11.7. The van der Waals surface area contributed by atoms with Crippen molar-refractivity contribution in [2.45, 2.75) is 26.4 Å². The second-order valence-corrected chi connectivity index (χ2v) is 3.80. The van der Waals surface area contributed by atoms with Crippen molar-refractivity contribution in [3.63, 3.8) is 0 Å². The fraction of sp³-hybridized carbons (Fsp3) is 0.385. The molecular weight excluding hydrogens is 234 g/mol. The molecule has 0 saturated carbocycles. The van der Waals surface area contributed by atoms with Crippen molar-refractivity contribution >= 4 is 11.9 Å². The molecule has 5 heteroatoms. The van der Waals surface area contributed by atoms with E-state index in [1.54, 1.807) is 38.1 Å². The Morgan fingerprint density at radius 2 is 1.89 bits per heavy atom. The summed E-state index contributed by atoms with van der Waals surface area (Å²) in [5, 5.41) is 0. The van der Waals surface area contributed by atoms with Gasteiger partial charge in [0.15, 0.2) is 6.10 Å². The van der Waals surface area contributed by atoms with Crippen molar-refractivity contribution in [2.24, 2.45) is 5.73 Å². The average Bonchev–Trinajstić information content (AvgIpc) is 2.31. The van der Waals surface area contributed by atoms with Gasteiger partial charge in [-0.2, -0.15) is 0 Å². The van der Waals surface area contributed by atoms with Gasteiger partial charge in [0.25, 0.3) is 0 Å². The van der Waals surface area contributed by atoms with Gasteiger partial charge in [0.05, 0.1) is 13.0 Å². The molecule has 1 rings (SSSR count). The second kappa shape index (κ2) is 6.64.